The normalized spacial score (nSPS) is 23.9. The van der Waals surface area contributed by atoms with Crippen LogP contribution >= 0.6 is 0 Å². The topological polar surface area (TPSA) is 51.1 Å². The summed E-state index contributed by atoms with van der Waals surface area (Å²) in [6.45, 7) is 1.52. The van der Waals surface area contributed by atoms with Crippen molar-refractivity contribution in [1.82, 2.24) is 0 Å². The van der Waals surface area contributed by atoms with Crippen LogP contribution < -0.4 is 14.4 Å². The van der Waals surface area contributed by atoms with Gasteiger partial charge in [-0.3, -0.25) is 9.79 Å². The third kappa shape index (κ3) is 2.02. The van der Waals surface area contributed by atoms with Gasteiger partial charge in [-0.2, -0.15) is 0 Å². The predicted molar refractivity (Wildman–Crippen MR) is 107 cm³/mol. The number of allylic oxidation sites excluding steroid dienone is 1. The van der Waals surface area contributed by atoms with Crippen molar-refractivity contribution in [3.63, 3.8) is 0 Å². The molecule has 1 spiro atoms. The Bertz CT molecular complexity index is 1070. The maximum Gasteiger partial charge on any atom is 0.246 e. The minimum atomic E-state index is -0.775. The SMILES string of the molecule is O=C1N(CC2=CCCC=N2)c2ccccc2C12COc1cc3c(cc12)CCO3. The van der Waals surface area contributed by atoms with Gasteiger partial charge in [0.1, 0.15) is 23.5 Å². The van der Waals surface area contributed by atoms with Gasteiger partial charge in [0.15, 0.2) is 0 Å². The van der Waals surface area contributed by atoms with Crippen LogP contribution in [0.2, 0.25) is 0 Å². The second kappa shape index (κ2) is 5.71. The molecular formula is C23H20N2O3. The highest BCUT2D eigenvalue weighted by Gasteiger charge is 2.57. The van der Waals surface area contributed by atoms with E-state index in [4.69, 9.17) is 9.47 Å². The van der Waals surface area contributed by atoms with Crippen molar-refractivity contribution in [1.29, 1.82) is 0 Å². The highest BCUT2D eigenvalue weighted by molar-refractivity contribution is 6.11. The maximum absolute atomic E-state index is 13.9. The zero-order chi connectivity index (χ0) is 18.7. The van der Waals surface area contributed by atoms with Gasteiger partial charge >= 0.3 is 0 Å². The third-order valence-corrected chi connectivity index (χ3v) is 6.21. The predicted octanol–water partition coefficient (Wildman–Crippen LogP) is 3.40. The summed E-state index contributed by atoms with van der Waals surface area (Å²) < 4.78 is 11.7. The largest absolute Gasteiger partial charge is 0.493 e. The van der Waals surface area contributed by atoms with Crippen LogP contribution in [0.3, 0.4) is 0 Å². The Morgan fingerprint density at radius 2 is 2.00 bits per heavy atom. The molecule has 28 heavy (non-hydrogen) atoms. The average molecular weight is 372 g/mol. The second-order valence-corrected chi connectivity index (χ2v) is 7.74. The molecule has 4 aliphatic heterocycles. The summed E-state index contributed by atoms with van der Waals surface area (Å²) in [7, 11) is 0. The van der Waals surface area contributed by atoms with E-state index in [2.05, 4.69) is 23.2 Å². The highest BCUT2D eigenvalue weighted by atomic mass is 16.5. The molecule has 140 valence electrons. The number of nitrogens with zero attached hydrogens (tertiary/aromatic N) is 2. The number of fused-ring (bicyclic) bond motifs is 5. The first-order valence-electron chi connectivity index (χ1n) is 9.83. The molecule has 0 N–H and O–H groups in total. The van der Waals surface area contributed by atoms with E-state index in [0.29, 0.717) is 19.8 Å². The summed E-state index contributed by atoms with van der Waals surface area (Å²) >= 11 is 0. The van der Waals surface area contributed by atoms with Crippen molar-refractivity contribution >= 4 is 17.8 Å². The van der Waals surface area contributed by atoms with E-state index in [1.54, 1.807) is 0 Å². The fourth-order valence-electron chi connectivity index (χ4n) is 4.83. The number of ether oxygens (including phenoxy) is 2. The molecule has 1 amide bonds. The van der Waals surface area contributed by atoms with E-state index in [9.17, 15) is 4.79 Å². The standard InChI is InChI=1S/C23H20N2O3/c26-22-23(14-28-21-12-20-15(8-10-27-20)11-18(21)23)17-6-1-2-7-19(17)25(22)13-16-5-3-4-9-24-16/h1-2,5-7,9,11-12H,3-4,8,10,13-14H2. The number of para-hydroxylation sites is 1. The fourth-order valence-corrected chi connectivity index (χ4v) is 4.83. The van der Waals surface area contributed by atoms with Gasteiger partial charge < -0.3 is 14.4 Å². The molecule has 2 aromatic carbocycles. The molecule has 0 fully saturated rings. The number of benzene rings is 2. The van der Waals surface area contributed by atoms with E-state index in [0.717, 1.165) is 58.8 Å². The van der Waals surface area contributed by atoms with Gasteiger partial charge in [0.05, 0.1) is 18.8 Å². The quantitative estimate of drug-likeness (QED) is 0.812. The number of carbonyl (C=O) groups is 1. The Labute approximate surface area is 163 Å². The van der Waals surface area contributed by atoms with Gasteiger partial charge in [-0.15, -0.1) is 0 Å². The van der Waals surface area contributed by atoms with E-state index in [-0.39, 0.29) is 5.91 Å². The Morgan fingerprint density at radius 3 is 2.89 bits per heavy atom. The summed E-state index contributed by atoms with van der Waals surface area (Å²) in [4.78, 5) is 20.2. The lowest BCUT2D eigenvalue weighted by Gasteiger charge is -2.23. The van der Waals surface area contributed by atoms with Crippen LogP contribution in [0.4, 0.5) is 5.69 Å². The van der Waals surface area contributed by atoms with Crippen LogP contribution in [0.1, 0.15) is 29.5 Å². The fraction of sp³-hybridized carbons (Fsp3) is 0.304. The molecule has 4 heterocycles. The molecule has 0 saturated heterocycles. The van der Waals surface area contributed by atoms with Crippen molar-refractivity contribution in [3.05, 3.63) is 64.9 Å². The molecule has 5 heteroatoms. The number of amides is 1. The molecule has 0 aliphatic carbocycles. The molecule has 1 unspecified atom stereocenters. The Balaban J connectivity index is 1.50. The summed E-state index contributed by atoms with van der Waals surface area (Å²) in [6.07, 6.45) is 6.89. The zero-order valence-electron chi connectivity index (χ0n) is 15.5. The molecule has 5 nitrogen and oxygen atoms in total. The smallest absolute Gasteiger partial charge is 0.246 e. The third-order valence-electron chi connectivity index (χ3n) is 6.21. The van der Waals surface area contributed by atoms with Gasteiger partial charge in [0.2, 0.25) is 5.91 Å². The second-order valence-electron chi connectivity index (χ2n) is 7.74. The van der Waals surface area contributed by atoms with Crippen molar-refractivity contribution in [2.75, 3.05) is 24.7 Å². The Morgan fingerprint density at radius 1 is 1.07 bits per heavy atom. The zero-order valence-corrected chi connectivity index (χ0v) is 15.5. The lowest BCUT2D eigenvalue weighted by molar-refractivity contribution is -0.122. The van der Waals surface area contributed by atoms with Gasteiger partial charge in [0.25, 0.3) is 0 Å². The number of anilines is 1. The van der Waals surface area contributed by atoms with E-state index in [1.807, 2.05) is 35.4 Å². The minimum Gasteiger partial charge on any atom is -0.493 e. The Kier molecular flexibility index (Phi) is 3.25. The van der Waals surface area contributed by atoms with Crippen LogP contribution in [-0.4, -0.2) is 31.9 Å². The van der Waals surface area contributed by atoms with Crippen molar-refractivity contribution < 1.29 is 14.3 Å². The van der Waals surface area contributed by atoms with E-state index < -0.39 is 5.41 Å². The molecule has 4 aliphatic rings. The number of hydrogen-bond donors (Lipinski definition) is 0. The summed E-state index contributed by atoms with van der Waals surface area (Å²) in [6, 6.07) is 12.2. The summed E-state index contributed by atoms with van der Waals surface area (Å²) in [5.41, 5.74) is 4.29. The Hall–Kier alpha value is -3.08. The first kappa shape index (κ1) is 15.9. The molecule has 0 radical (unpaired) electrons. The minimum absolute atomic E-state index is 0.0768. The summed E-state index contributed by atoms with van der Waals surface area (Å²) in [5, 5.41) is 0. The van der Waals surface area contributed by atoms with Crippen LogP contribution in [-0.2, 0) is 16.6 Å². The van der Waals surface area contributed by atoms with Crippen molar-refractivity contribution in [3.8, 4) is 11.5 Å². The van der Waals surface area contributed by atoms with Crippen LogP contribution in [0, 0.1) is 0 Å². The van der Waals surface area contributed by atoms with Gasteiger partial charge in [-0.25, -0.2) is 0 Å². The number of rotatable bonds is 2. The van der Waals surface area contributed by atoms with E-state index >= 15 is 0 Å². The lowest BCUT2D eigenvalue weighted by atomic mass is 9.76. The van der Waals surface area contributed by atoms with Crippen molar-refractivity contribution in [2.24, 2.45) is 4.99 Å². The van der Waals surface area contributed by atoms with Crippen LogP contribution in [0.5, 0.6) is 11.5 Å². The van der Waals surface area contributed by atoms with Gasteiger partial charge in [-0.1, -0.05) is 24.3 Å². The highest BCUT2D eigenvalue weighted by Crippen LogP contribution is 2.54. The molecule has 1 atom stereocenters. The molecular weight excluding hydrogens is 352 g/mol. The first-order valence-corrected chi connectivity index (χ1v) is 9.83. The van der Waals surface area contributed by atoms with Crippen molar-refractivity contribution in [2.45, 2.75) is 24.7 Å². The van der Waals surface area contributed by atoms with Gasteiger partial charge in [-0.05, 0) is 36.1 Å². The average Bonchev–Trinajstić information content (AvgIpc) is 3.40. The monoisotopic (exact) mass is 372 g/mol. The molecule has 6 rings (SSSR count). The molecule has 0 aromatic heterocycles. The number of aliphatic imine (C=N–C) groups is 1. The van der Waals surface area contributed by atoms with Crippen LogP contribution in [0.25, 0.3) is 0 Å². The summed E-state index contributed by atoms with van der Waals surface area (Å²) in [5.74, 6) is 1.72. The molecule has 0 saturated carbocycles. The molecule has 0 bridgehead atoms. The molecule has 2 aromatic rings. The van der Waals surface area contributed by atoms with Crippen LogP contribution in [0.15, 0.2) is 53.2 Å². The number of carbonyl (C=O) groups excluding carboxylic acids is 1. The van der Waals surface area contributed by atoms with Gasteiger partial charge in [0, 0.05) is 30.0 Å². The van der Waals surface area contributed by atoms with E-state index in [1.165, 1.54) is 0 Å². The number of hydrogen-bond acceptors (Lipinski definition) is 4. The lowest BCUT2D eigenvalue weighted by Crippen LogP contribution is -2.43. The maximum atomic E-state index is 13.9. The first-order chi connectivity index (χ1) is 13.8.